The topological polar surface area (TPSA) is 18.5 Å². The lowest BCUT2D eigenvalue weighted by Crippen LogP contribution is -2.26. The van der Waals surface area contributed by atoms with E-state index in [4.69, 9.17) is 0 Å². The van der Waals surface area contributed by atoms with Gasteiger partial charge in [-0.05, 0) is 64.1 Å². The predicted molar refractivity (Wildman–Crippen MR) is 87.2 cm³/mol. The molecule has 112 valence electrons. The lowest BCUT2D eigenvalue weighted by atomic mass is 10.1. The molecule has 20 heavy (non-hydrogen) atoms. The van der Waals surface area contributed by atoms with Crippen LogP contribution in [0.4, 0.5) is 5.69 Å². The van der Waals surface area contributed by atoms with Gasteiger partial charge in [0.1, 0.15) is 0 Å². The number of rotatable bonds is 5. The Morgan fingerprint density at radius 1 is 1.15 bits per heavy atom. The van der Waals surface area contributed by atoms with Gasteiger partial charge in [-0.1, -0.05) is 19.1 Å². The van der Waals surface area contributed by atoms with Gasteiger partial charge in [0, 0.05) is 24.8 Å². The van der Waals surface area contributed by atoms with E-state index in [2.05, 4.69) is 60.4 Å². The van der Waals surface area contributed by atoms with Gasteiger partial charge in [0.15, 0.2) is 0 Å². The Kier molecular flexibility index (Phi) is 5.86. The minimum atomic E-state index is 0.631. The molecule has 0 aromatic heterocycles. The molecule has 0 aliphatic carbocycles. The molecule has 3 nitrogen and oxygen atoms in total. The zero-order valence-corrected chi connectivity index (χ0v) is 13.2. The molecule has 0 saturated carbocycles. The molecule has 3 heteroatoms. The van der Waals surface area contributed by atoms with E-state index in [0.717, 1.165) is 6.54 Å². The maximum absolute atomic E-state index is 3.71. The fraction of sp³-hybridized carbons (Fsp3) is 0.647. The first-order valence-electron chi connectivity index (χ1n) is 7.90. The van der Waals surface area contributed by atoms with Crippen LogP contribution < -0.4 is 5.32 Å². The zero-order valence-electron chi connectivity index (χ0n) is 13.2. The normalized spacial score (nSPS) is 20.9. The summed E-state index contributed by atoms with van der Waals surface area (Å²) in [4.78, 5) is 4.76. The van der Waals surface area contributed by atoms with Crippen LogP contribution in [-0.4, -0.2) is 49.6 Å². The van der Waals surface area contributed by atoms with Crippen LogP contribution in [0.15, 0.2) is 24.3 Å². The van der Waals surface area contributed by atoms with Crippen LogP contribution >= 0.6 is 0 Å². The zero-order chi connectivity index (χ0) is 14.4. The third-order valence-corrected chi connectivity index (χ3v) is 4.09. The maximum Gasteiger partial charge on any atom is 0.0342 e. The molecule has 0 spiro atoms. The van der Waals surface area contributed by atoms with E-state index < -0.39 is 0 Å². The Balaban J connectivity index is 1.86. The summed E-state index contributed by atoms with van der Waals surface area (Å²) in [5, 5.41) is 3.71. The van der Waals surface area contributed by atoms with Gasteiger partial charge in [-0.25, -0.2) is 0 Å². The van der Waals surface area contributed by atoms with Crippen molar-refractivity contribution < 1.29 is 0 Å². The number of nitrogens with one attached hydrogen (secondary N) is 1. The fourth-order valence-electron chi connectivity index (χ4n) is 2.92. The summed E-state index contributed by atoms with van der Waals surface area (Å²) in [6.45, 7) is 6.95. The number of hydrogen-bond acceptors (Lipinski definition) is 3. The van der Waals surface area contributed by atoms with Crippen LogP contribution in [0.1, 0.15) is 31.7 Å². The molecule has 1 aromatic carbocycles. The van der Waals surface area contributed by atoms with Crippen LogP contribution in [0.5, 0.6) is 0 Å². The summed E-state index contributed by atoms with van der Waals surface area (Å²) in [6, 6.07) is 9.54. The summed E-state index contributed by atoms with van der Waals surface area (Å²) >= 11 is 0. The van der Waals surface area contributed by atoms with Crippen LogP contribution in [0.2, 0.25) is 0 Å². The standard InChI is InChI=1S/C17H29N3/c1-4-20-12-5-6-16(11-13-20)18-17-9-7-15(8-10-17)14-19(2)3/h7-10,16,18H,4-6,11-14H2,1-3H3. The van der Waals surface area contributed by atoms with Crippen molar-refractivity contribution in [2.45, 2.75) is 38.8 Å². The number of hydrogen-bond donors (Lipinski definition) is 1. The van der Waals surface area contributed by atoms with Gasteiger partial charge >= 0.3 is 0 Å². The molecule has 1 N–H and O–H groups in total. The van der Waals surface area contributed by atoms with Crippen LogP contribution in [0, 0.1) is 0 Å². The molecule has 1 aromatic rings. The Bertz CT molecular complexity index is 386. The smallest absolute Gasteiger partial charge is 0.0342 e. The Labute approximate surface area is 124 Å². The second-order valence-corrected chi connectivity index (χ2v) is 6.14. The molecule has 1 atom stereocenters. The lowest BCUT2D eigenvalue weighted by Gasteiger charge is -2.19. The average Bonchev–Trinajstić information content (AvgIpc) is 2.65. The molecule has 1 fully saturated rings. The molecule has 1 unspecified atom stereocenters. The molecular formula is C17H29N3. The van der Waals surface area contributed by atoms with Gasteiger partial charge in [-0.15, -0.1) is 0 Å². The van der Waals surface area contributed by atoms with Gasteiger partial charge in [0.25, 0.3) is 0 Å². The highest BCUT2D eigenvalue weighted by molar-refractivity contribution is 5.45. The SMILES string of the molecule is CCN1CCCC(Nc2ccc(CN(C)C)cc2)CC1. The molecule has 0 bridgehead atoms. The summed E-state index contributed by atoms with van der Waals surface area (Å²) in [6.07, 6.45) is 3.85. The Morgan fingerprint density at radius 2 is 1.90 bits per heavy atom. The van der Waals surface area contributed by atoms with E-state index >= 15 is 0 Å². The van der Waals surface area contributed by atoms with Crippen molar-refractivity contribution in [2.75, 3.05) is 39.0 Å². The van der Waals surface area contributed by atoms with Crippen LogP contribution in [0.25, 0.3) is 0 Å². The highest BCUT2D eigenvalue weighted by atomic mass is 15.1. The Morgan fingerprint density at radius 3 is 2.55 bits per heavy atom. The van der Waals surface area contributed by atoms with E-state index in [1.165, 1.54) is 50.1 Å². The summed E-state index contributed by atoms with van der Waals surface area (Å²) < 4.78 is 0. The van der Waals surface area contributed by atoms with Crippen molar-refractivity contribution in [1.29, 1.82) is 0 Å². The van der Waals surface area contributed by atoms with Gasteiger partial charge < -0.3 is 15.1 Å². The molecule has 0 radical (unpaired) electrons. The second-order valence-electron chi connectivity index (χ2n) is 6.14. The molecule has 1 aliphatic heterocycles. The summed E-state index contributed by atoms with van der Waals surface area (Å²) in [5.41, 5.74) is 2.64. The molecule has 1 heterocycles. The van der Waals surface area contributed by atoms with Crippen LogP contribution in [0.3, 0.4) is 0 Å². The van der Waals surface area contributed by atoms with Crippen molar-refractivity contribution in [3.05, 3.63) is 29.8 Å². The minimum absolute atomic E-state index is 0.631. The molecule has 1 saturated heterocycles. The van der Waals surface area contributed by atoms with E-state index in [0.29, 0.717) is 6.04 Å². The van der Waals surface area contributed by atoms with Crippen molar-refractivity contribution >= 4 is 5.69 Å². The first kappa shape index (κ1) is 15.3. The quantitative estimate of drug-likeness (QED) is 0.891. The third kappa shape index (κ3) is 4.80. The highest BCUT2D eigenvalue weighted by Gasteiger charge is 2.15. The van der Waals surface area contributed by atoms with Crippen LogP contribution in [-0.2, 0) is 6.54 Å². The molecule has 2 rings (SSSR count). The first-order valence-corrected chi connectivity index (χ1v) is 7.90. The average molecular weight is 275 g/mol. The van der Waals surface area contributed by atoms with Gasteiger partial charge in [0.2, 0.25) is 0 Å². The van der Waals surface area contributed by atoms with Crippen molar-refractivity contribution in [2.24, 2.45) is 0 Å². The lowest BCUT2D eigenvalue weighted by molar-refractivity contribution is 0.300. The first-order chi connectivity index (χ1) is 9.67. The fourth-order valence-corrected chi connectivity index (χ4v) is 2.92. The molecular weight excluding hydrogens is 246 g/mol. The minimum Gasteiger partial charge on any atom is -0.382 e. The monoisotopic (exact) mass is 275 g/mol. The second kappa shape index (κ2) is 7.65. The third-order valence-electron chi connectivity index (χ3n) is 4.09. The Hall–Kier alpha value is -1.06. The van der Waals surface area contributed by atoms with Gasteiger partial charge in [-0.2, -0.15) is 0 Å². The summed E-state index contributed by atoms with van der Waals surface area (Å²) in [7, 11) is 4.22. The largest absolute Gasteiger partial charge is 0.382 e. The van der Waals surface area contributed by atoms with Crippen molar-refractivity contribution in [3.8, 4) is 0 Å². The number of nitrogens with zero attached hydrogens (tertiary/aromatic N) is 2. The number of anilines is 1. The van der Waals surface area contributed by atoms with Crippen molar-refractivity contribution in [3.63, 3.8) is 0 Å². The predicted octanol–water partition coefficient (Wildman–Crippen LogP) is 3.03. The molecule has 1 aliphatic rings. The van der Waals surface area contributed by atoms with Gasteiger partial charge in [0.05, 0.1) is 0 Å². The van der Waals surface area contributed by atoms with E-state index in [9.17, 15) is 0 Å². The molecule has 0 amide bonds. The van der Waals surface area contributed by atoms with E-state index in [-0.39, 0.29) is 0 Å². The van der Waals surface area contributed by atoms with Crippen molar-refractivity contribution in [1.82, 2.24) is 9.80 Å². The van der Waals surface area contributed by atoms with Gasteiger partial charge in [-0.3, -0.25) is 0 Å². The highest BCUT2D eigenvalue weighted by Crippen LogP contribution is 2.17. The maximum atomic E-state index is 3.71. The number of benzene rings is 1. The van der Waals surface area contributed by atoms with E-state index in [1.807, 2.05) is 0 Å². The number of likely N-dealkylation sites (tertiary alicyclic amines) is 1. The van der Waals surface area contributed by atoms with E-state index in [1.54, 1.807) is 0 Å². The summed E-state index contributed by atoms with van der Waals surface area (Å²) in [5.74, 6) is 0.